The van der Waals surface area contributed by atoms with Crippen LogP contribution < -0.4 is 5.32 Å². The molecule has 17 heavy (non-hydrogen) atoms. The normalized spacial score (nSPS) is 12.6. The summed E-state index contributed by atoms with van der Waals surface area (Å²) in [5.74, 6) is 1.34. The molecule has 0 saturated carbocycles. The van der Waals surface area contributed by atoms with Crippen molar-refractivity contribution < 1.29 is 4.74 Å². The first-order valence-corrected chi connectivity index (χ1v) is 6.04. The molecule has 1 aromatic carbocycles. The highest BCUT2D eigenvalue weighted by Crippen LogP contribution is 2.21. The molecule has 1 aromatic heterocycles. The van der Waals surface area contributed by atoms with Crippen LogP contribution in [0.1, 0.15) is 0 Å². The molecule has 4 heteroatoms. The standard InChI is InChI=1S/C13H15ClN2O/c1-17-9-11(8-14)16-13-12-5-3-2-4-10(12)6-7-15-13/h2-7,11H,8-9H2,1H3,(H,15,16). The summed E-state index contributed by atoms with van der Waals surface area (Å²) in [5.41, 5.74) is 0. The van der Waals surface area contributed by atoms with Crippen LogP contribution in [0.25, 0.3) is 10.8 Å². The van der Waals surface area contributed by atoms with E-state index in [1.54, 1.807) is 13.3 Å². The monoisotopic (exact) mass is 250 g/mol. The van der Waals surface area contributed by atoms with Crippen molar-refractivity contribution in [2.75, 3.05) is 24.9 Å². The number of rotatable bonds is 5. The minimum Gasteiger partial charge on any atom is -0.383 e. The number of nitrogens with zero attached hydrogens (tertiary/aromatic N) is 1. The van der Waals surface area contributed by atoms with Crippen molar-refractivity contribution >= 4 is 28.2 Å². The number of benzene rings is 1. The van der Waals surface area contributed by atoms with Crippen LogP contribution in [0.15, 0.2) is 36.5 Å². The van der Waals surface area contributed by atoms with E-state index in [2.05, 4.69) is 16.4 Å². The lowest BCUT2D eigenvalue weighted by molar-refractivity contribution is 0.191. The van der Waals surface area contributed by atoms with E-state index in [0.717, 1.165) is 16.6 Å². The zero-order valence-corrected chi connectivity index (χ0v) is 10.4. The first kappa shape index (κ1) is 12.1. The summed E-state index contributed by atoms with van der Waals surface area (Å²) in [6.07, 6.45) is 1.79. The molecule has 0 fully saturated rings. The minimum atomic E-state index is 0.0694. The molecular weight excluding hydrogens is 236 g/mol. The molecule has 0 saturated heterocycles. The Morgan fingerprint density at radius 3 is 2.94 bits per heavy atom. The molecule has 2 aromatic rings. The minimum absolute atomic E-state index is 0.0694. The second kappa shape index (κ2) is 5.84. The Morgan fingerprint density at radius 2 is 2.18 bits per heavy atom. The van der Waals surface area contributed by atoms with E-state index >= 15 is 0 Å². The van der Waals surface area contributed by atoms with E-state index in [1.807, 2.05) is 24.3 Å². The second-order valence-corrected chi connectivity index (χ2v) is 4.14. The number of halogens is 1. The number of methoxy groups -OCH3 is 1. The number of pyridine rings is 1. The molecule has 2 rings (SSSR count). The molecule has 0 aliphatic carbocycles. The molecular formula is C13H15ClN2O. The molecule has 0 aliphatic heterocycles. The summed E-state index contributed by atoms with van der Waals surface area (Å²) >= 11 is 5.88. The van der Waals surface area contributed by atoms with Crippen molar-refractivity contribution in [3.05, 3.63) is 36.5 Å². The maximum absolute atomic E-state index is 5.88. The third-order valence-corrected chi connectivity index (χ3v) is 2.94. The third kappa shape index (κ3) is 2.87. The molecule has 0 bridgehead atoms. The van der Waals surface area contributed by atoms with Gasteiger partial charge in [0.1, 0.15) is 5.82 Å². The van der Waals surface area contributed by atoms with E-state index in [4.69, 9.17) is 16.3 Å². The van der Waals surface area contributed by atoms with Crippen LogP contribution in [-0.4, -0.2) is 30.6 Å². The highest BCUT2D eigenvalue weighted by Gasteiger charge is 2.09. The number of nitrogens with one attached hydrogen (secondary N) is 1. The highest BCUT2D eigenvalue weighted by molar-refractivity contribution is 6.18. The topological polar surface area (TPSA) is 34.1 Å². The van der Waals surface area contributed by atoms with Gasteiger partial charge in [-0.15, -0.1) is 11.6 Å². The highest BCUT2D eigenvalue weighted by atomic mass is 35.5. The second-order valence-electron chi connectivity index (χ2n) is 3.83. The summed E-state index contributed by atoms with van der Waals surface area (Å²) in [4.78, 5) is 4.35. The average Bonchev–Trinajstić information content (AvgIpc) is 2.38. The van der Waals surface area contributed by atoms with Gasteiger partial charge in [0.15, 0.2) is 0 Å². The molecule has 0 radical (unpaired) electrons. The van der Waals surface area contributed by atoms with E-state index in [1.165, 1.54) is 0 Å². The Morgan fingerprint density at radius 1 is 1.35 bits per heavy atom. The van der Waals surface area contributed by atoms with Crippen molar-refractivity contribution in [1.29, 1.82) is 0 Å². The van der Waals surface area contributed by atoms with Gasteiger partial charge < -0.3 is 10.1 Å². The summed E-state index contributed by atoms with van der Waals surface area (Å²) in [5, 5.41) is 5.57. The van der Waals surface area contributed by atoms with E-state index in [-0.39, 0.29) is 6.04 Å². The fourth-order valence-electron chi connectivity index (χ4n) is 1.75. The molecule has 0 amide bonds. The van der Waals surface area contributed by atoms with E-state index < -0.39 is 0 Å². The Bertz CT molecular complexity index is 484. The summed E-state index contributed by atoms with van der Waals surface area (Å²) in [6, 6.07) is 10.2. The lowest BCUT2D eigenvalue weighted by Crippen LogP contribution is -2.27. The van der Waals surface area contributed by atoms with Crippen LogP contribution >= 0.6 is 11.6 Å². The number of hydrogen-bond donors (Lipinski definition) is 1. The third-order valence-electron chi connectivity index (χ3n) is 2.57. The predicted molar refractivity (Wildman–Crippen MR) is 71.7 cm³/mol. The van der Waals surface area contributed by atoms with Crippen LogP contribution in [0.2, 0.25) is 0 Å². The first-order chi connectivity index (χ1) is 8.35. The number of anilines is 1. The van der Waals surface area contributed by atoms with Crippen molar-refractivity contribution in [1.82, 2.24) is 4.98 Å². The van der Waals surface area contributed by atoms with E-state index in [9.17, 15) is 0 Å². The largest absolute Gasteiger partial charge is 0.383 e. The van der Waals surface area contributed by atoms with Crippen LogP contribution in [0.4, 0.5) is 5.82 Å². The average molecular weight is 251 g/mol. The molecule has 0 aliphatic rings. The lowest BCUT2D eigenvalue weighted by Gasteiger charge is -2.16. The van der Waals surface area contributed by atoms with Gasteiger partial charge in [-0.2, -0.15) is 0 Å². The van der Waals surface area contributed by atoms with Gasteiger partial charge in [-0.3, -0.25) is 0 Å². The zero-order chi connectivity index (χ0) is 12.1. The molecule has 1 heterocycles. The fourth-order valence-corrected chi connectivity index (χ4v) is 1.92. The van der Waals surface area contributed by atoms with Crippen molar-refractivity contribution in [3.63, 3.8) is 0 Å². The SMILES string of the molecule is COCC(CCl)Nc1nccc2ccccc12. The summed E-state index contributed by atoms with van der Waals surface area (Å²) < 4.78 is 5.10. The quantitative estimate of drug-likeness (QED) is 0.829. The van der Waals surface area contributed by atoms with E-state index in [0.29, 0.717) is 12.5 Å². The van der Waals surface area contributed by atoms with Crippen LogP contribution in [0.5, 0.6) is 0 Å². The Labute approximate surface area is 106 Å². The summed E-state index contributed by atoms with van der Waals surface area (Å²) in [6.45, 7) is 0.564. The van der Waals surface area contributed by atoms with Gasteiger partial charge in [0.25, 0.3) is 0 Å². The maximum Gasteiger partial charge on any atom is 0.134 e. The molecule has 1 atom stereocenters. The first-order valence-electron chi connectivity index (χ1n) is 5.50. The number of fused-ring (bicyclic) bond motifs is 1. The number of alkyl halides is 1. The maximum atomic E-state index is 5.88. The number of hydrogen-bond acceptors (Lipinski definition) is 3. The van der Waals surface area contributed by atoms with Crippen molar-refractivity contribution in [3.8, 4) is 0 Å². The summed E-state index contributed by atoms with van der Waals surface area (Å²) in [7, 11) is 1.66. The number of ether oxygens (including phenoxy) is 1. The van der Waals surface area contributed by atoms with Gasteiger partial charge in [0.05, 0.1) is 12.6 Å². The van der Waals surface area contributed by atoms with Gasteiger partial charge in [-0.1, -0.05) is 24.3 Å². The van der Waals surface area contributed by atoms with Gasteiger partial charge in [0, 0.05) is 24.6 Å². The van der Waals surface area contributed by atoms with Crippen LogP contribution in [-0.2, 0) is 4.74 Å². The lowest BCUT2D eigenvalue weighted by atomic mass is 10.1. The van der Waals surface area contributed by atoms with Gasteiger partial charge >= 0.3 is 0 Å². The number of aromatic nitrogens is 1. The smallest absolute Gasteiger partial charge is 0.134 e. The molecule has 90 valence electrons. The van der Waals surface area contributed by atoms with Crippen LogP contribution in [0.3, 0.4) is 0 Å². The van der Waals surface area contributed by atoms with Crippen molar-refractivity contribution in [2.45, 2.75) is 6.04 Å². The Hall–Kier alpha value is -1.32. The molecule has 3 nitrogen and oxygen atoms in total. The van der Waals surface area contributed by atoms with Gasteiger partial charge in [0.2, 0.25) is 0 Å². The fraction of sp³-hybridized carbons (Fsp3) is 0.308. The van der Waals surface area contributed by atoms with Crippen molar-refractivity contribution in [2.24, 2.45) is 0 Å². The Kier molecular flexibility index (Phi) is 4.18. The Balaban J connectivity index is 2.28. The molecule has 0 spiro atoms. The molecule has 1 N–H and O–H groups in total. The predicted octanol–water partition coefficient (Wildman–Crippen LogP) is 2.90. The van der Waals surface area contributed by atoms with Gasteiger partial charge in [-0.05, 0) is 11.5 Å². The van der Waals surface area contributed by atoms with Crippen LogP contribution in [0, 0.1) is 0 Å². The zero-order valence-electron chi connectivity index (χ0n) is 9.69. The molecule has 1 unspecified atom stereocenters. The van der Waals surface area contributed by atoms with Gasteiger partial charge in [-0.25, -0.2) is 4.98 Å².